The van der Waals surface area contributed by atoms with Crippen molar-refractivity contribution in [3.63, 3.8) is 0 Å². The second-order valence-electron chi connectivity index (χ2n) is 11.3. The maximum Gasteiger partial charge on any atom is 0.326 e. The van der Waals surface area contributed by atoms with Gasteiger partial charge in [-0.3, -0.25) is 24.0 Å². The topological polar surface area (TPSA) is 211 Å². The van der Waals surface area contributed by atoms with E-state index in [-0.39, 0.29) is 19.3 Å². The van der Waals surface area contributed by atoms with Crippen LogP contribution in [0.3, 0.4) is 0 Å². The highest BCUT2D eigenvalue weighted by Crippen LogP contribution is 2.13. The van der Waals surface area contributed by atoms with Crippen molar-refractivity contribution in [1.29, 1.82) is 0 Å². The van der Waals surface area contributed by atoms with Crippen molar-refractivity contribution in [3.05, 3.63) is 77.9 Å². The zero-order chi connectivity index (χ0) is 34.5. The summed E-state index contributed by atoms with van der Waals surface area (Å²) in [5.74, 6) is -7.67. The molecule has 250 valence electrons. The Labute approximate surface area is 271 Å². The van der Waals surface area contributed by atoms with Crippen LogP contribution in [0.4, 0.5) is 0 Å². The predicted molar refractivity (Wildman–Crippen MR) is 169 cm³/mol. The molecule has 0 radical (unpaired) electrons. The summed E-state index contributed by atoms with van der Waals surface area (Å²) in [7, 11) is 1.28. The summed E-state index contributed by atoms with van der Waals surface area (Å²) < 4.78 is 0. The van der Waals surface area contributed by atoms with Crippen LogP contribution in [-0.2, 0) is 40.0 Å². The van der Waals surface area contributed by atoms with Crippen LogP contribution in [0.2, 0.25) is 0 Å². The summed E-state index contributed by atoms with van der Waals surface area (Å²) in [6.07, 6.45) is 1.89. The third kappa shape index (κ3) is 11.4. The number of hydrogen-bond donors (Lipinski definition) is 6. The van der Waals surface area contributed by atoms with Crippen molar-refractivity contribution < 1.29 is 43.8 Å². The Morgan fingerprint density at radius 3 is 2.04 bits per heavy atom. The SMILES string of the molecule is C[C@@H]1C(=O)N[C@@H](C(=O)O)CCC(=O)N(C)CC(=O)N[C@@H](C(=O)O)CC(=O)N[C@@H](Cc2ccccc2)C(=O)N[C@H]1/C=C/c1ccccc1. The van der Waals surface area contributed by atoms with Gasteiger partial charge in [-0.15, -0.1) is 0 Å². The molecule has 3 rings (SSSR count). The third-order valence-electron chi connectivity index (χ3n) is 7.58. The van der Waals surface area contributed by atoms with Crippen LogP contribution >= 0.6 is 0 Å². The molecule has 1 fully saturated rings. The molecule has 14 heteroatoms. The van der Waals surface area contributed by atoms with Gasteiger partial charge in [0.1, 0.15) is 18.1 Å². The number of nitrogens with one attached hydrogen (secondary N) is 4. The van der Waals surface area contributed by atoms with E-state index in [1.807, 2.05) is 6.07 Å². The largest absolute Gasteiger partial charge is 0.480 e. The maximum atomic E-state index is 13.8. The van der Waals surface area contributed by atoms with E-state index >= 15 is 0 Å². The Hall–Kier alpha value is -5.53. The summed E-state index contributed by atoms with van der Waals surface area (Å²) in [6, 6.07) is 12.4. The average molecular weight is 650 g/mol. The minimum absolute atomic E-state index is 0.00615. The Kier molecular flexibility index (Phi) is 13.2. The van der Waals surface area contributed by atoms with Gasteiger partial charge in [-0.1, -0.05) is 79.7 Å². The number of likely N-dealkylation sites (N-methyl/N-ethyl adjacent to an activating group) is 1. The van der Waals surface area contributed by atoms with E-state index in [2.05, 4.69) is 21.3 Å². The van der Waals surface area contributed by atoms with Crippen LogP contribution in [0, 0.1) is 5.92 Å². The van der Waals surface area contributed by atoms with Gasteiger partial charge in [0.2, 0.25) is 29.5 Å². The quantitative estimate of drug-likeness (QED) is 0.254. The van der Waals surface area contributed by atoms with Crippen molar-refractivity contribution in [3.8, 4) is 0 Å². The first-order chi connectivity index (χ1) is 22.3. The number of rotatable bonds is 6. The highest BCUT2D eigenvalue weighted by atomic mass is 16.4. The van der Waals surface area contributed by atoms with Crippen LogP contribution in [-0.4, -0.2) is 94.3 Å². The number of carboxylic acid groups (broad SMARTS) is 2. The lowest BCUT2D eigenvalue weighted by atomic mass is 9.97. The summed E-state index contributed by atoms with van der Waals surface area (Å²) in [4.78, 5) is 90.5. The van der Waals surface area contributed by atoms with Crippen molar-refractivity contribution in [1.82, 2.24) is 26.2 Å². The number of carboxylic acids is 2. The average Bonchev–Trinajstić information content (AvgIpc) is 3.03. The van der Waals surface area contributed by atoms with E-state index in [0.717, 1.165) is 10.5 Å². The third-order valence-corrected chi connectivity index (χ3v) is 7.58. The highest BCUT2D eigenvalue weighted by molar-refractivity contribution is 5.93. The van der Waals surface area contributed by atoms with Crippen LogP contribution in [0.15, 0.2) is 66.7 Å². The molecule has 0 bridgehead atoms. The number of benzene rings is 2. The highest BCUT2D eigenvalue weighted by Gasteiger charge is 2.32. The molecule has 0 unspecified atom stereocenters. The van der Waals surface area contributed by atoms with Gasteiger partial charge < -0.3 is 36.4 Å². The fraction of sp³-hybridized carbons (Fsp3) is 0.364. The normalized spacial score (nSPS) is 24.2. The Morgan fingerprint density at radius 1 is 0.809 bits per heavy atom. The second-order valence-corrected chi connectivity index (χ2v) is 11.3. The van der Waals surface area contributed by atoms with E-state index in [1.165, 1.54) is 14.0 Å². The molecular weight excluding hydrogens is 610 g/mol. The molecule has 2 aromatic carbocycles. The minimum Gasteiger partial charge on any atom is -0.480 e. The number of carbonyl (C=O) groups excluding carboxylic acids is 5. The molecule has 1 heterocycles. The molecule has 47 heavy (non-hydrogen) atoms. The molecule has 0 aliphatic carbocycles. The Balaban J connectivity index is 2.01. The number of nitrogens with zero attached hydrogens (tertiary/aromatic N) is 1. The van der Waals surface area contributed by atoms with Gasteiger partial charge in [-0.25, -0.2) is 9.59 Å². The first kappa shape index (κ1) is 35.9. The molecule has 0 saturated carbocycles. The molecular formula is C33H39N5O9. The summed E-state index contributed by atoms with van der Waals surface area (Å²) >= 11 is 0. The second kappa shape index (κ2) is 17.2. The molecule has 2 aromatic rings. The van der Waals surface area contributed by atoms with Crippen LogP contribution in [0.1, 0.15) is 37.3 Å². The van der Waals surface area contributed by atoms with Crippen LogP contribution < -0.4 is 21.3 Å². The van der Waals surface area contributed by atoms with Gasteiger partial charge in [-0.05, 0) is 17.5 Å². The summed E-state index contributed by atoms with van der Waals surface area (Å²) in [5, 5.41) is 29.5. The van der Waals surface area contributed by atoms with E-state index in [1.54, 1.807) is 66.7 Å². The van der Waals surface area contributed by atoms with Crippen molar-refractivity contribution in [2.24, 2.45) is 5.92 Å². The maximum absolute atomic E-state index is 13.8. The fourth-order valence-electron chi connectivity index (χ4n) is 4.81. The van der Waals surface area contributed by atoms with Crippen LogP contribution in [0.25, 0.3) is 6.08 Å². The van der Waals surface area contributed by atoms with Crippen molar-refractivity contribution >= 4 is 47.6 Å². The van der Waals surface area contributed by atoms with Crippen molar-refractivity contribution in [2.75, 3.05) is 13.6 Å². The first-order valence-corrected chi connectivity index (χ1v) is 15.0. The smallest absolute Gasteiger partial charge is 0.326 e. The van der Waals surface area contributed by atoms with E-state index in [0.29, 0.717) is 5.56 Å². The molecule has 0 spiro atoms. The molecule has 1 aliphatic heterocycles. The Bertz CT molecular complexity index is 1480. The predicted octanol–water partition coefficient (Wildman–Crippen LogP) is 0.329. The summed E-state index contributed by atoms with van der Waals surface area (Å²) in [5.41, 5.74) is 1.43. The van der Waals surface area contributed by atoms with Gasteiger partial charge in [0.15, 0.2) is 0 Å². The Morgan fingerprint density at radius 2 is 1.43 bits per heavy atom. The van der Waals surface area contributed by atoms with E-state index in [4.69, 9.17) is 0 Å². The molecule has 0 aromatic heterocycles. The first-order valence-electron chi connectivity index (χ1n) is 15.0. The molecule has 6 N–H and O–H groups in total. The number of amides is 5. The molecule has 14 nitrogen and oxygen atoms in total. The van der Waals surface area contributed by atoms with Crippen molar-refractivity contribution in [2.45, 2.75) is 56.8 Å². The van der Waals surface area contributed by atoms with E-state index in [9.17, 15) is 43.8 Å². The van der Waals surface area contributed by atoms with Gasteiger partial charge in [0.05, 0.1) is 24.9 Å². The van der Waals surface area contributed by atoms with Gasteiger partial charge in [-0.2, -0.15) is 0 Å². The molecule has 1 saturated heterocycles. The molecule has 5 atom stereocenters. The number of hydrogen-bond acceptors (Lipinski definition) is 7. The lowest BCUT2D eigenvalue weighted by Crippen LogP contribution is -2.55. The zero-order valence-corrected chi connectivity index (χ0v) is 26.0. The summed E-state index contributed by atoms with van der Waals surface area (Å²) in [6.45, 7) is 0.926. The fourth-order valence-corrected chi connectivity index (χ4v) is 4.81. The standard InChI is InChI=1S/C33H39N5O9/c1-20-23(14-13-21-9-5-3-6-10-21)36-31(43)25(17-22-11-7-4-8-12-22)34-27(39)18-26(33(46)47)35-28(40)19-38(2)29(41)16-15-24(32(44)45)37-30(20)42/h3-14,20,23-26H,15-19H2,1-2H3,(H,34,39)(H,35,40)(H,36,43)(H,37,42)(H,44,45)(H,46,47)/b14-13+/t20-,23-,24+,25-,26+/m0/s1. The van der Waals surface area contributed by atoms with E-state index < -0.39 is 84.5 Å². The van der Waals surface area contributed by atoms with Crippen LogP contribution in [0.5, 0.6) is 0 Å². The van der Waals surface area contributed by atoms with Gasteiger partial charge in [0, 0.05) is 19.9 Å². The molecule has 1 aliphatic rings. The number of carbonyl (C=O) groups is 7. The van der Waals surface area contributed by atoms with Gasteiger partial charge in [0.25, 0.3) is 0 Å². The molecule has 5 amide bonds. The lowest BCUT2D eigenvalue weighted by Gasteiger charge is -2.27. The zero-order valence-electron chi connectivity index (χ0n) is 26.0. The van der Waals surface area contributed by atoms with Gasteiger partial charge >= 0.3 is 11.9 Å². The monoisotopic (exact) mass is 649 g/mol. The minimum atomic E-state index is -1.67. The number of aliphatic carboxylic acids is 2. The lowest BCUT2D eigenvalue weighted by molar-refractivity contribution is -0.144.